The summed E-state index contributed by atoms with van der Waals surface area (Å²) >= 11 is 3.38. The standard InChI is InChI=1S/C13H13BrN2O/c1-9(10-5-3-2-4-6-10)17-13-11(14)7-16-8-12(13)15/h2-9H,15H2,1H3. The van der Waals surface area contributed by atoms with Gasteiger partial charge in [-0.05, 0) is 28.4 Å². The highest BCUT2D eigenvalue weighted by Crippen LogP contribution is 2.33. The van der Waals surface area contributed by atoms with Gasteiger partial charge in [-0.25, -0.2) is 0 Å². The average Bonchev–Trinajstić information content (AvgIpc) is 2.35. The highest BCUT2D eigenvalue weighted by molar-refractivity contribution is 9.10. The summed E-state index contributed by atoms with van der Waals surface area (Å²) < 4.78 is 6.61. The maximum absolute atomic E-state index is 5.85. The van der Waals surface area contributed by atoms with Crippen LogP contribution in [0.25, 0.3) is 0 Å². The highest BCUT2D eigenvalue weighted by atomic mass is 79.9. The number of ether oxygens (including phenoxy) is 1. The van der Waals surface area contributed by atoms with Crippen molar-refractivity contribution in [2.75, 3.05) is 5.73 Å². The van der Waals surface area contributed by atoms with E-state index in [9.17, 15) is 0 Å². The zero-order valence-corrected chi connectivity index (χ0v) is 11.0. The van der Waals surface area contributed by atoms with Crippen LogP contribution in [0.15, 0.2) is 47.2 Å². The SMILES string of the molecule is CC(Oc1c(N)cncc1Br)c1ccccc1. The Morgan fingerprint density at radius 2 is 1.94 bits per heavy atom. The number of nitrogens with zero attached hydrogens (tertiary/aromatic N) is 1. The fourth-order valence-corrected chi connectivity index (χ4v) is 1.97. The lowest BCUT2D eigenvalue weighted by Crippen LogP contribution is -2.05. The van der Waals surface area contributed by atoms with Crippen LogP contribution in [0.4, 0.5) is 5.69 Å². The minimum absolute atomic E-state index is 0.0581. The van der Waals surface area contributed by atoms with Gasteiger partial charge >= 0.3 is 0 Å². The van der Waals surface area contributed by atoms with Crippen LogP contribution in [0.2, 0.25) is 0 Å². The number of nitrogens with two attached hydrogens (primary N) is 1. The van der Waals surface area contributed by atoms with Gasteiger partial charge in [0, 0.05) is 6.20 Å². The molecular weight excluding hydrogens is 280 g/mol. The van der Waals surface area contributed by atoms with E-state index >= 15 is 0 Å². The van der Waals surface area contributed by atoms with Crippen molar-refractivity contribution in [2.24, 2.45) is 0 Å². The number of halogens is 1. The maximum atomic E-state index is 5.85. The third kappa shape index (κ3) is 2.77. The zero-order valence-electron chi connectivity index (χ0n) is 9.43. The predicted octanol–water partition coefficient (Wildman–Crippen LogP) is 3.57. The van der Waals surface area contributed by atoms with E-state index in [-0.39, 0.29) is 6.10 Å². The van der Waals surface area contributed by atoms with Crippen LogP contribution in [-0.2, 0) is 0 Å². The van der Waals surface area contributed by atoms with Crippen molar-refractivity contribution in [2.45, 2.75) is 13.0 Å². The fraction of sp³-hybridized carbons (Fsp3) is 0.154. The quantitative estimate of drug-likeness (QED) is 0.941. The first-order valence-corrected chi connectivity index (χ1v) is 6.08. The summed E-state index contributed by atoms with van der Waals surface area (Å²) in [6.07, 6.45) is 3.19. The van der Waals surface area contributed by atoms with E-state index in [2.05, 4.69) is 20.9 Å². The van der Waals surface area contributed by atoms with Gasteiger partial charge in [-0.1, -0.05) is 30.3 Å². The van der Waals surface area contributed by atoms with Gasteiger partial charge < -0.3 is 10.5 Å². The van der Waals surface area contributed by atoms with Crippen LogP contribution in [0.1, 0.15) is 18.6 Å². The average molecular weight is 293 g/mol. The van der Waals surface area contributed by atoms with Gasteiger partial charge in [0.1, 0.15) is 6.10 Å². The summed E-state index contributed by atoms with van der Waals surface area (Å²) in [4.78, 5) is 3.97. The number of anilines is 1. The normalized spacial score (nSPS) is 12.1. The molecule has 2 aromatic rings. The van der Waals surface area contributed by atoms with E-state index in [1.807, 2.05) is 37.3 Å². The first-order chi connectivity index (χ1) is 8.18. The summed E-state index contributed by atoms with van der Waals surface area (Å²) in [5.74, 6) is 0.636. The molecule has 0 saturated carbocycles. The molecule has 0 amide bonds. The lowest BCUT2D eigenvalue weighted by Gasteiger charge is -2.17. The van der Waals surface area contributed by atoms with E-state index in [1.54, 1.807) is 12.4 Å². The first-order valence-electron chi connectivity index (χ1n) is 5.29. The van der Waals surface area contributed by atoms with E-state index in [4.69, 9.17) is 10.5 Å². The van der Waals surface area contributed by atoms with Gasteiger partial charge in [0.05, 0.1) is 16.4 Å². The van der Waals surface area contributed by atoms with Crippen molar-refractivity contribution in [1.82, 2.24) is 4.98 Å². The van der Waals surface area contributed by atoms with Gasteiger partial charge in [-0.15, -0.1) is 0 Å². The molecule has 1 unspecified atom stereocenters. The maximum Gasteiger partial charge on any atom is 0.160 e. The second kappa shape index (κ2) is 5.19. The number of rotatable bonds is 3. The smallest absolute Gasteiger partial charge is 0.160 e. The molecular formula is C13H13BrN2O. The Balaban J connectivity index is 2.22. The lowest BCUT2D eigenvalue weighted by atomic mass is 10.1. The number of benzene rings is 1. The van der Waals surface area contributed by atoms with Crippen LogP contribution >= 0.6 is 15.9 Å². The molecule has 0 aliphatic heterocycles. The second-order valence-electron chi connectivity index (χ2n) is 3.71. The van der Waals surface area contributed by atoms with Crippen molar-refractivity contribution in [1.29, 1.82) is 0 Å². The molecule has 3 nitrogen and oxygen atoms in total. The molecule has 4 heteroatoms. The van der Waals surface area contributed by atoms with Gasteiger partial charge in [-0.3, -0.25) is 4.98 Å². The van der Waals surface area contributed by atoms with Gasteiger partial charge in [0.25, 0.3) is 0 Å². The largest absolute Gasteiger partial charge is 0.483 e. The minimum Gasteiger partial charge on any atom is -0.483 e. The van der Waals surface area contributed by atoms with Crippen LogP contribution in [-0.4, -0.2) is 4.98 Å². The van der Waals surface area contributed by atoms with Crippen LogP contribution in [0, 0.1) is 0 Å². The number of hydrogen-bond donors (Lipinski definition) is 1. The zero-order chi connectivity index (χ0) is 12.3. The molecule has 1 aromatic heterocycles. The van der Waals surface area contributed by atoms with Crippen molar-refractivity contribution >= 4 is 21.6 Å². The van der Waals surface area contributed by atoms with Crippen molar-refractivity contribution < 1.29 is 4.74 Å². The second-order valence-corrected chi connectivity index (χ2v) is 4.56. The Kier molecular flexibility index (Phi) is 3.64. The molecule has 0 fully saturated rings. The molecule has 2 rings (SSSR count). The molecule has 0 bridgehead atoms. The molecule has 1 aromatic carbocycles. The van der Waals surface area contributed by atoms with E-state index in [1.165, 1.54) is 0 Å². The molecule has 1 heterocycles. The molecule has 0 radical (unpaired) electrons. The van der Waals surface area contributed by atoms with Gasteiger partial charge in [0.2, 0.25) is 0 Å². The number of hydrogen-bond acceptors (Lipinski definition) is 3. The molecule has 0 aliphatic rings. The lowest BCUT2D eigenvalue weighted by molar-refractivity contribution is 0.226. The van der Waals surface area contributed by atoms with Crippen LogP contribution < -0.4 is 10.5 Å². The molecule has 88 valence electrons. The monoisotopic (exact) mass is 292 g/mol. The molecule has 1 atom stereocenters. The third-order valence-corrected chi connectivity index (χ3v) is 3.01. The van der Waals surface area contributed by atoms with E-state index in [0.717, 1.165) is 10.0 Å². The Hall–Kier alpha value is -1.55. The summed E-state index contributed by atoms with van der Waals surface area (Å²) in [5.41, 5.74) is 7.47. The van der Waals surface area contributed by atoms with Crippen LogP contribution in [0.5, 0.6) is 5.75 Å². The van der Waals surface area contributed by atoms with Crippen molar-refractivity contribution in [3.05, 3.63) is 52.8 Å². The highest BCUT2D eigenvalue weighted by Gasteiger charge is 2.12. The minimum atomic E-state index is -0.0581. The topological polar surface area (TPSA) is 48.1 Å². The molecule has 0 spiro atoms. The summed E-state index contributed by atoms with van der Waals surface area (Å²) in [7, 11) is 0. The predicted molar refractivity (Wildman–Crippen MR) is 71.8 cm³/mol. The molecule has 0 aliphatic carbocycles. The summed E-state index contributed by atoms with van der Waals surface area (Å²) in [6.45, 7) is 1.99. The Bertz CT molecular complexity index is 482. The number of aromatic nitrogens is 1. The molecule has 17 heavy (non-hydrogen) atoms. The van der Waals surface area contributed by atoms with Crippen LogP contribution in [0.3, 0.4) is 0 Å². The fourth-order valence-electron chi connectivity index (χ4n) is 1.53. The van der Waals surface area contributed by atoms with Gasteiger partial charge in [0.15, 0.2) is 5.75 Å². The number of pyridine rings is 1. The molecule has 0 saturated heterocycles. The van der Waals surface area contributed by atoms with E-state index < -0.39 is 0 Å². The van der Waals surface area contributed by atoms with E-state index in [0.29, 0.717) is 11.4 Å². The van der Waals surface area contributed by atoms with Gasteiger partial charge in [-0.2, -0.15) is 0 Å². The Labute approximate surface area is 109 Å². The van der Waals surface area contributed by atoms with Crippen molar-refractivity contribution in [3.63, 3.8) is 0 Å². The summed E-state index contributed by atoms with van der Waals surface area (Å²) in [5, 5.41) is 0. The molecule has 2 N–H and O–H groups in total. The summed E-state index contributed by atoms with van der Waals surface area (Å²) in [6, 6.07) is 10.00. The third-order valence-electron chi connectivity index (χ3n) is 2.44. The van der Waals surface area contributed by atoms with Crippen molar-refractivity contribution in [3.8, 4) is 5.75 Å². The Morgan fingerprint density at radius 3 is 2.59 bits per heavy atom. The first kappa shape index (κ1) is 11.9. The number of nitrogen functional groups attached to an aromatic ring is 1. The Morgan fingerprint density at radius 1 is 1.24 bits per heavy atom.